The average Bonchev–Trinajstić information content (AvgIpc) is 2.07. The summed E-state index contributed by atoms with van der Waals surface area (Å²) in [6, 6.07) is 3.68. The van der Waals surface area contributed by atoms with Gasteiger partial charge in [0.25, 0.3) is 5.91 Å². The lowest BCUT2D eigenvalue weighted by molar-refractivity contribution is -0.119. The Morgan fingerprint density at radius 3 is 2.75 bits per heavy atom. The molecule has 1 heterocycles. The summed E-state index contributed by atoms with van der Waals surface area (Å²) in [6.07, 6.45) is 1.47. The highest BCUT2D eigenvalue weighted by atomic mass is 16.3. The first-order valence-electron chi connectivity index (χ1n) is 3.28. The van der Waals surface area contributed by atoms with Crippen LogP contribution in [0.2, 0.25) is 0 Å². The summed E-state index contributed by atoms with van der Waals surface area (Å²) in [5, 5.41) is 2.57. The second kappa shape index (κ2) is 3.56. The van der Waals surface area contributed by atoms with Crippen LogP contribution in [0, 0.1) is 4.91 Å². The molecule has 0 spiro atoms. The molecule has 0 saturated carbocycles. The maximum Gasteiger partial charge on any atom is 0.252 e. The second-order valence-electron chi connectivity index (χ2n) is 2.16. The molecule has 1 aromatic rings. The molecule has 0 aliphatic carbocycles. The summed E-state index contributed by atoms with van der Waals surface area (Å²) in [5.41, 5.74) is 5.18. The summed E-state index contributed by atoms with van der Waals surface area (Å²) >= 11 is 0. The second-order valence-corrected chi connectivity index (χ2v) is 2.16. The molecule has 1 atom stereocenters. The number of primary amides is 1. The van der Waals surface area contributed by atoms with Crippen molar-refractivity contribution in [3.63, 3.8) is 0 Å². The third kappa shape index (κ3) is 1.63. The number of nitrogens with two attached hydrogens (primary N) is 1. The van der Waals surface area contributed by atoms with Gasteiger partial charge in [0, 0.05) is 6.20 Å². The minimum Gasteiger partial charge on any atom is -0.367 e. The van der Waals surface area contributed by atoms with Gasteiger partial charge in [0.2, 0.25) is 6.04 Å². The molecule has 1 unspecified atom stereocenters. The van der Waals surface area contributed by atoms with Gasteiger partial charge in [0.15, 0.2) is 0 Å². The number of pyridine rings is 1. The van der Waals surface area contributed by atoms with Gasteiger partial charge in [-0.2, -0.15) is 0 Å². The van der Waals surface area contributed by atoms with Gasteiger partial charge in [0.1, 0.15) is 0 Å². The number of aromatic nitrogens is 1. The summed E-state index contributed by atoms with van der Waals surface area (Å²) in [6.45, 7) is 0. The molecule has 0 saturated heterocycles. The van der Waals surface area contributed by atoms with Gasteiger partial charge < -0.3 is 5.73 Å². The first-order chi connectivity index (χ1) is 5.75. The van der Waals surface area contributed by atoms with Crippen LogP contribution in [-0.2, 0) is 4.79 Å². The Balaban J connectivity index is 2.95. The zero-order valence-corrected chi connectivity index (χ0v) is 6.18. The molecule has 1 amide bonds. The lowest BCUT2D eigenvalue weighted by atomic mass is 10.2. The standard InChI is InChI=1S/C7H7N3O2/c8-7(11)6(10-12)5-3-1-2-4-9-5/h1-4,6H,(H2,8,11). The molecule has 0 bridgehead atoms. The predicted octanol–water partition coefficient (Wildman–Crippen LogP) is 0.374. The topological polar surface area (TPSA) is 85.4 Å². The van der Waals surface area contributed by atoms with Gasteiger partial charge in [0.05, 0.1) is 5.69 Å². The third-order valence-electron chi connectivity index (χ3n) is 1.34. The van der Waals surface area contributed by atoms with Crippen molar-refractivity contribution in [3.05, 3.63) is 35.0 Å². The fourth-order valence-electron chi connectivity index (χ4n) is 0.789. The van der Waals surface area contributed by atoms with Crippen LogP contribution in [0.5, 0.6) is 0 Å². The highest BCUT2D eigenvalue weighted by Gasteiger charge is 2.18. The van der Waals surface area contributed by atoms with E-state index < -0.39 is 11.9 Å². The van der Waals surface area contributed by atoms with Gasteiger partial charge in [-0.05, 0) is 17.3 Å². The molecule has 62 valence electrons. The molecule has 0 aliphatic heterocycles. The van der Waals surface area contributed by atoms with Gasteiger partial charge in [-0.15, -0.1) is 4.91 Å². The molecule has 1 aromatic heterocycles. The number of amides is 1. The monoisotopic (exact) mass is 165 g/mol. The van der Waals surface area contributed by atoms with Gasteiger partial charge in [-0.3, -0.25) is 9.78 Å². The average molecular weight is 165 g/mol. The molecule has 0 fully saturated rings. The van der Waals surface area contributed by atoms with E-state index >= 15 is 0 Å². The first-order valence-corrected chi connectivity index (χ1v) is 3.28. The van der Waals surface area contributed by atoms with Gasteiger partial charge in [-0.25, -0.2) is 0 Å². The lowest BCUT2D eigenvalue weighted by Crippen LogP contribution is -2.20. The highest BCUT2D eigenvalue weighted by molar-refractivity contribution is 5.80. The number of hydrogen-bond acceptors (Lipinski definition) is 4. The van der Waals surface area contributed by atoms with E-state index in [0.29, 0.717) is 0 Å². The van der Waals surface area contributed by atoms with E-state index in [1.54, 1.807) is 12.1 Å². The van der Waals surface area contributed by atoms with Crippen LogP contribution in [0.1, 0.15) is 11.7 Å². The van der Waals surface area contributed by atoms with Gasteiger partial charge in [-0.1, -0.05) is 6.07 Å². The van der Waals surface area contributed by atoms with E-state index in [1.807, 2.05) is 0 Å². The zero-order chi connectivity index (χ0) is 8.97. The van der Waals surface area contributed by atoms with Crippen molar-refractivity contribution < 1.29 is 4.79 Å². The largest absolute Gasteiger partial charge is 0.367 e. The Hall–Kier alpha value is -1.78. The SMILES string of the molecule is NC(=O)C(N=O)c1ccccn1. The zero-order valence-electron chi connectivity index (χ0n) is 6.18. The molecule has 5 nitrogen and oxygen atoms in total. The van der Waals surface area contributed by atoms with Crippen molar-refractivity contribution in [1.29, 1.82) is 0 Å². The van der Waals surface area contributed by atoms with Crippen LogP contribution >= 0.6 is 0 Å². The minimum atomic E-state index is -1.17. The van der Waals surface area contributed by atoms with Crippen LogP contribution in [-0.4, -0.2) is 10.9 Å². The molecule has 12 heavy (non-hydrogen) atoms. The Bertz CT molecular complexity index is 286. The smallest absolute Gasteiger partial charge is 0.252 e. The minimum absolute atomic E-state index is 0.278. The van der Waals surface area contributed by atoms with Crippen LogP contribution < -0.4 is 5.73 Å². The van der Waals surface area contributed by atoms with Crippen molar-refractivity contribution >= 4 is 5.91 Å². The van der Waals surface area contributed by atoms with Crippen LogP contribution in [0.4, 0.5) is 0 Å². The summed E-state index contributed by atoms with van der Waals surface area (Å²) in [4.78, 5) is 24.6. The summed E-state index contributed by atoms with van der Waals surface area (Å²) < 4.78 is 0. The number of nitroso groups, excluding NO2 is 1. The Morgan fingerprint density at radius 2 is 2.33 bits per heavy atom. The quantitative estimate of drug-likeness (QED) is 0.656. The van der Waals surface area contributed by atoms with E-state index in [4.69, 9.17) is 5.73 Å². The molecule has 0 radical (unpaired) electrons. The molecular weight excluding hydrogens is 158 g/mol. The molecule has 5 heteroatoms. The number of carbonyl (C=O) groups excluding carboxylic acids is 1. The van der Waals surface area contributed by atoms with Crippen molar-refractivity contribution in [2.24, 2.45) is 10.9 Å². The van der Waals surface area contributed by atoms with Crippen LogP contribution in [0.15, 0.2) is 29.6 Å². The maximum absolute atomic E-state index is 10.6. The lowest BCUT2D eigenvalue weighted by Gasteiger charge is -2.01. The van der Waals surface area contributed by atoms with E-state index in [-0.39, 0.29) is 5.69 Å². The number of hydrogen-bond donors (Lipinski definition) is 1. The van der Waals surface area contributed by atoms with E-state index in [0.717, 1.165) is 0 Å². The van der Waals surface area contributed by atoms with Crippen molar-refractivity contribution in [3.8, 4) is 0 Å². The van der Waals surface area contributed by atoms with E-state index in [2.05, 4.69) is 10.2 Å². The maximum atomic E-state index is 10.6. The molecular formula is C7H7N3O2. The van der Waals surface area contributed by atoms with Crippen molar-refractivity contribution in [2.75, 3.05) is 0 Å². The summed E-state index contributed by atoms with van der Waals surface area (Å²) in [7, 11) is 0. The number of rotatable bonds is 3. The van der Waals surface area contributed by atoms with E-state index in [9.17, 15) is 9.70 Å². The van der Waals surface area contributed by atoms with Gasteiger partial charge >= 0.3 is 0 Å². The normalized spacial score (nSPS) is 12.0. The highest BCUT2D eigenvalue weighted by Crippen LogP contribution is 2.12. The summed E-state index contributed by atoms with van der Waals surface area (Å²) in [5.74, 6) is -0.788. The Kier molecular flexibility index (Phi) is 2.47. The third-order valence-corrected chi connectivity index (χ3v) is 1.34. The fourth-order valence-corrected chi connectivity index (χ4v) is 0.789. The van der Waals surface area contributed by atoms with Crippen molar-refractivity contribution in [2.45, 2.75) is 6.04 Å². The van der Waals surface area contributed by atoms with Crippen LogP contribution in [0.3, 0.4) is 0 Å². The van der Waals surface area contributed by atoms with E-state index in [1.165, 1.54) is 12.3 Å². The first kappa shape index (κ1) is 8.32. The molecule has 0 aromatic carbocycles. The number of carbonyl (C=O) groups is 1. The number of nitrogens with zero attached hydrogens (tertiary/aromatic N) is 2. The fraction of sp³-hybridized carbons (Fsp3) is 0.143. The Labute approximate surface area is 68.6 Å². The molecule has 2 N–H and O–H groups in total. The van der Waals surface area contributed by atoms with Crippen LogP contribution in [0.25, 0.3) is 0 Å². The van der Waals surface area contributed by atoms with Crippen molar-refractivity contribution in [1.82, 2.24) is 4.98 Å². The molecule has 1 rings (SSSR count). The molecule has 0 aliphatic rings. The predicted molar refractivity (Wildman–Crippen MR) is 42.0 cm³/mol. The Morgan fingerprint density at radius 1 is 1.58 bits per heavy atom.